The highest BCUT2D eigenvalue weighted by molar-refractivity contribution is 7.15. The molecule has 0 aliphatic carbocycles. The molecule has 2 aromatic rings. The number of hydrogen-bond donors (Lipinski definition) is 1. The van der Waals surface area contributed by atoms with Gasteiger partial charge in [0.1, 0.15) is 0 Å². The molecule has 1 N–H and O–H groups in total. The van der Waals surface area contributed by atoms with Crippen molar-refractivity contribution in [1.29, 1.82) is 0 Å². The minimum absolute atomic E-state index is 1.01. The maximum Gasteiger partial charge on any atom is 0.182 e. The highest BCUT2D eigenvalue weighted by atomic mass is 32.1. The Balaban J connectivity index is 2.02. The van der Waals surface area contributed by atoms with Gasteiger partial charge in [0, 0.05) is 11.9 Å². The van der Waals surface area contributed by atoms with Crippen molar-refractivity contribution in [3.05, 3.63) is 46.5 Å². The number of anilines is 1. The Hall–Kier alpha value is -1.35. The van der Waals surface area contributed by atoms with Gasteiger partial charge in [-0.15, -0.1) is 11.3 Å². The van der Waals surface area contributed by atoms with Crippen LogP contribution < -0.4 is 5.32 Å². The fourth-order valence-electron chi connectivity index (χ4n) is 1.67. The molecule has 0 aliphatic heterocycles. The van der Waals surface area contributed by atoms with Crippen molar-refractivity contribution in [2.75, 3.05) is 12.4 Å². The van der Waals surface area contributed by atoms with Crippen molar-refractivity contribution in [2.45, 2.75) is 19.8 Å². The summed E-state index contributed by atoms with van der Waals surface area (Å²) in [5.74, 6) is 0. The minimum Gasteiger partial charge on any atom is -0.365 e. The molecule has 2 nitrogen and oxygen atoms in total. The SMILES string of the molecule is CNc1nc(C)c(CCc2ccccc2)s1. The number of aryl methyl sites for hydroxylation is 3. The molecule has 2 rings (SSSR count). The van der Waals surface area contributed by atoms with Crippen molar-refractivity contribution >= 4 is 16.5 Å². The van der Waals surface area contributed by atoms with Crippen LogP contribution in [-0.4, -0.2) is 12.0 Å². The Morgan fingerprint density at radius 2 is 1.94 bits per heavy atom. The van der Waals surface area contributed by atoms with Gasteiger partial charge < -0.3 is 5.32 Å². The Bertz CT molecular complexity index is 448. The number of thiazole rings is 1. The molecule has 84 valence electrons. The summed E-state index contributed by atoms with van der Waals surface area (Å²) in [5.41, 5.74) is 2.55. The summed E-state index contributed by atoms with van der Waals surface area (Å²) >= 11 is 1.76. The molecule has 1 aromatic heterocycles. The fraction of sp³-hybridized carbons (Fsp3) is 0.308. The summed E-state index contributed by atoms with van der Waals surface area (Å²) in [6.45, 7) is 2.08. The first-order valence-corrected chi connectivity index (χ1v) is 6.29. The summed E-state index contributed by atoms with van der Waals surface area (Å²) in [7, 11) is 1.92. The average molecular weight is 232 g/mol. The summed E-state index contributed by atoms with van der Waals surface area (Å²) in [5, 5.41) is 4.11. The molecule has 0 unspecified atom stereocenters. The zero-order valence-corrected chi connectivity index (χ0v) is 10.5. The van der Waals surface area contributed by atoms with E-state index in [1.54, 1.807) is 11.3 Å². The van der Waals surface area contributed by atoms with Crippen LogP contribution in [0.3, 0.4) is 0 Å². The monoisotopic (exact) mass is 232 g/mol. The van der Waals surface area contributed by atoms with Crippen LogP contribution >= 0.6 is 11.3 Å². The van der Waals surface area contributed by atoms with Crippen LogP contribution in [0.2, 0.25) is 0 Å². The van der Waals surface area contributed by atoms with E-state index in [0.29, 0.717) is 0 Å². The molecule has 0 spiro atoms. The number of benzene rings is 1. The van der Waals surface area contributed by atoms with Crippen molar-refractivity contribution in [3.8, 4) is 0 Å². The molecule has 1 heterocycles. The molecular formula is C13H16N2S. The van der Waals surface area contributed by atoms with Gasteiger partial charge in [-0.2, -0.15) is 0 Å². The number of nitrogens with one attached hydrogen (secondary N) is 1. The van der Waals surface area contributed by atoms with Gasteiger partial charge >= 0.3 is 0 Å². The van der Waals surface area contributed by atoms with E-state index in [-0.39, 0.29) is 0 Å². The summed E-state index contributed by atoms with van der Waals surface area (Å²) in [4.78, 5) is 5.83. The van der Waals surface area contributed by atoms with Crippen LogP contribution in [-0.2, 0) is 12.8 Å². The van der Waals surface area contributed by atoms with Crippen molar-refractivity contribution in [2.24, 2.45) is 0 Å². The molecule has 0 bridgehead atoms. The first-order valence-electron chi connectivity index (χ1n) is 5.47. The predicted molar refractivity (Wildman–Crippen MR) is 70.2 cm³/mol. The lowest BCUT2D eigenvalue weighted by molar-refractivity contribution is 0.962. The van der Waals surface area contributed by atoms with Gasteiger partial charge in [-0.1, -0.05) is 30.3 Å². The predicted octanol–water partition coefficient (Wildman–Crippen LogP) is 3.28. The van der Waals surface area contributed by atoms with Crippen LogP contribution in [0.4, 0.5) is 5.13 Å². The van der Waals surface area contributed by atoms with Crippen molar-refractivity contribution in [3.63, 3.8) is 0 Å². The molecular weight excluding hydrogens is 216 g/mol. The third kappa shape index (κ3) is 2.61. The van der Waals surface area contributed by atoms with Crippen LogP contribution in [0, 0.1) is 6.92 Å². The highest BCUT2D eigenvalue weighted by Gasteiger charge is 2.06. The molecule has 0 atom stereocenters. The largest absolute Gasteiger partial charge is 0.365 e. The Morgan fingerprint density at radius 3 is 2.56 bits per heavy atom. The second-order valence-corrected chi connectivity index (χ2v) is 4.85. The molecule has 0 amide bonds. The maximum absolute atomic E-state index is 4.45. The first kappa shape index (κ1) is 11.1. The van der Waals surface area contributed by atoms with Crippen LogP contribution in [0.25, 0.3) is 0 Å². The van der Waals surface area contributed by atoms with Crippen LogP contribution in [0.1, 0.15) is 16.1 Å². The molecule has 1 aromatic carbocycles. The number of hydrogen-bond acceptors (Lipinski definition) is 3. The molecule has 0 aliphatic rings. The molecule has 0 saturated carbocycles. The van der Waals surface area contributed by atoms with Crippen molar-refractivity contribution in [1.82, 2.24) is 4.98 Å². The van der Waals surface area contributed by atoms with E-state index in [1.165, 1.54) is 10.4 Å². The zero-order chi connectivity index (χ0) is 11.4. The summed E-state index contributed by atoms with van der Waals surface area (Å²) < 4.78 is 0. The smallest absolute Gasteiger partial charge is 0.182 e. The molecule has 16 heavy (non-hydrogen) atoms. The number of nitrogens with zero attached hydrogens (tertiary/aromatic N) is 1. The summed E-state index contributed by atoms with van der Waals surface area (Å²) in [6.07, 6.45) is 2.17. The van der Waals surface area contributed by atoms with E-state index in [0.717, 1.165) is 23.7 Å². The minimum atomic E-state index is 1.01. The van der Waals surface area contributed by atoms with Crippen molar-refractivity contribution < 1.29 is 0 Å². The van der Waals surface area contributed by atoms with Gasteiger partial charge in [0.2, 0.25) is 0 Å². The van der Waals surface area contributed by atoms with Crippen LogP contribution in [0.15, 0.2) is 30.3 Å². The Labute approximate surface area is 100 Å². The molecule has 0 radical (unpaired) electrons. The molecule has 0 fully saturated rings. The van der Waals surface area contributed by atoms with Gasteiger partial charge in [-0.3, -0.25) is 0 Å². The van der Waals surface area contributed by atoms with Gasteiger partial charge in [0.25, 0.3) is 0 Å². The van der Waals surface area contributed by atoms with Gasteiger partial charge in [-0.05, 0) is 25.3 Å². The number of aromatic nitrogens is 1. The molecule has 0 saturated heterocycles. The number of rotatable bonds is 4. The lowest BCUT2D eigenvalue weighted by atomic mass is 10.1. The summed E-state index contributed by atoms with van der Waals surface area (Å²) in [6, 6.07) is 10.6. The van der Waals surface area contributed by atoms with Gasteiger partial charge in [-0.25, -0.2) is 4.98 Å². The Morgan fingerprint density at radius 1 is 1.19 bits per heavy atom. The average Bonchev–Trinajstić information content (AvgIpc) is 2.69. The standard InChI is InChI=1S/C13H16N2S/c1-10-12(16-13(14-2)15-10)9-8-11-6-4-3-5-7-11/h3-7H,8-9H2,1-2H3,(H,14,15). The fourth-order valence-corrected chi connectivity index (χ4v) is 2.58. The zero-order valence-electron chi connectivity index (χ0n) is 9.66. The third-order valence-corrected chi connectivity index (χ3v) is 3.82. The van der Waals surface area contributed by atoms with E-state index >= 15 is 0 Å². The van der Waals surface area contributed by atoms with E-state index in [9.17, 15) is 0 Å². The third-order valence-electron chi connectivity index (χ3n) is 2.59. The first-order chi connectivity index (χ1) is 7.79. The highest BCUT2D eigenvalue weighted by Crippen LogP contribution is 2.23. The normalized spacial score (nSPS) is 10.4. The lowest BCUT2D eigenvalue weighted by Gasteiger charge is -1.99. The van der Waals surface area contributed by atoms with E-state index in [1.807, 2.05) is 7.05 Å². The quantitative estimate of drug-likeness (QED) is 0.875. The second-order valence-electron chi connectivity index (χ2n) is 3.76. The Kier molecular flexibility index (Phi) is 3.57. The van der Waals surface area contributed by atoms with Gasteiger partial charge in [0.05, 0.1) is 5.69 Å². The van der Waals surface area contributed by atoms with E-state index < -0.39 is 0 Å². The maximum atomic E-state index is 4.45. The van der Waals surface area contributed by atoms with E-state index in [4.69, 9.17) is 0 Å². The van der Waals surface area contributed by atoms with E-state index in [2.05, 4.69) is 47.6 Å². The topological polar surface area (TPSA) is 24.9 Å². The van der Waals surface area contributed by atoms with Gasteiger partial charge in [0.15, 0.2) is 5.13 Å². The second kappa shape index (κ2) is 5.12. The lowest BCUT2D eigenvalue weighted by Crippen LogP contribution is -1.90. The van der Waals surface area contributed by atoms with Crippen LogP contribution in [0.5, 0.6) is 0 Å². The molecule has 3 heteroatoms.